The molecule has 0 saturated heterocycles. The number of rotatable bonds is 4. The second-order valence-corrected chi connectivity index (χ2v) is 6.14. The molecule has 2 nitrogen and oxygen atoms in total. The van der Waals surface area contributed by atoms with Gasteiger partial charge in [-0.25, -0.2) is 0 Å². The van der Waals surface area contributed by atoms with Gasteiger partial charge in [-0.15, -0.1) is 11.3 Å². The summed E-state index contributed by atoms with van der Waals surface area (Å²) >= 11 is 5.23. The number of aromatic nitrogens is 1. The van der Waals surface area contributed by atoms with Crippen LogP contribution in [0.25, 0.3) is 0 Å². The van der Waals surface area contributed by atoms with Gasteiger partial charge >= 0.3 is 0 Å². The number of carbonyl (C=O) groups excluding carboxylic acids is 1. The Bertz CT molecular complexity index is 527. The van der Waals surface area contributed by atoms with E-state index in [0.717, 1.165) is 16.6 Å². The maximum Gasteiger partial charge on any atom is 0.166 e. The van der Waals surface area contributed by atoms with E-state index in [4.69, 9.17) is 0 Å². The first-order chi connectivity index (χ1) is 8.08. The van der Waals surface area contributed by atoms with Crippen molar-refractivity contribution in [3.05, 3.63) is 44.8 Å². The van der Waals surface area contributed by atoms with Crippen molar-refractivity contribution in [3.8, 4) is 0 Å². The minimum Gasteiger partial charge on any atom is -0.348 e. The van der Waals surface area contributed by atoms with E-state index >= 15 is 0 Å². The topological polar surface area (TPSA) is 22.0 Å². The van der Waals surface area contributed by atoms with Gasteiger partial charge < -0.3 is 4.57 Å². The summed E-state index contributed by atoms with van der Waals surface area (Å²) in [5.74, 6) is 0.258. The fourth-order valence-electron chi connectivity index (χ4n) is 1.62. The molecule has 0 spiro atoms. The van der Waals surface area contributed by atoms with Crippen molar-refractivity contribution in [2.75, 3.05) is 0 Å². The molecule has 0 aliphatic heterocycles. The number of nitrogens with zero attached hydrogens (tertiary/aromatic N) is 1. The van der Waals surface area contributed by atoms with Gasteiger partial charge in [0.15, 0.2) is 5.78 Å². The summed E-state index contributed by atoms with van der Waals surface area (Å²) in [6, 6.07) is 3.94. The van der Waals surface area contributed by atoms with E-state index in [1.54, 1.807) is 11.3 Å². The van der Waals surface area contributed by atoms with E-state index < -0.39 is 0 Å². The lowest BCUT2D eigenvalue weighted by molar-refractivity contribution is 0.0939. The number of hydrogen-bond acceptors (Lipinski definition) is 2. The van der Waals surface area contributed by atoms with Crippen LogP contribution in [0.3, 0.4) is 0 Å². The van der Waals surface area contributed by atoms with Gasteiger partial charge in [0.05, 0.1) is 6.54 Å². The molecule has 2 aromatic rings. The molecule has 0 amide bonds. The second-order valence-electron chi connectivity index (χ2n) is 4.28. The molecule has 2 aromatic heterocycles. The third kappa shape index (κ3) is 2.87. The van der Waals surface area contributed by atoms with Gasteiger partial charge in [-0.1, -0.05) is 13.8 Å². The van der Waals surface area contributed by atoms with Gasteiger partial charge in [-0.2, -0.15) is 0 Å². The molecular formula is C13H14BrNOS. The van der Waals surface area contributed by atoms with Crippen LogP contribution in [-0.4, -0.2) is 10.4 Å². The predicted molar refractivity (Wildman–Crippen MR) is 74.7 cm³/mol. The Hall–Kier alpha value is -0.870. The van der Waals surface area contributed by atoms with Crippen LogP contribution in [0.15, 0.2) is 34.4 Å². The maximum atomic E-state index is 11.8. The molecule has 0 atom stereocenters. The summed E-state index contributed by atoms with van der Waals surface area (Å²) in [5.41, 5.74) is 0.799. The van der Waals surface area contributed by atoms with E-state index in [0.29, 0.717) is 0 Å². The fraction of sp³-hybridized carbons (Fsp3) is 0.308. The molecule has 0 aliphatic rings. The monoisotopic (exact) mass is 311 g/mol. The Morgan fingerprint density at radius 3 is 2.82 bits per heavy atom. The average molecular weight is 312 g/mol. The molecule has 2 heterocycles. The lowest BCUT2D eigenvalue weighted by Crippen LogP contribution is -2.06. The van der Waals surface area contributed by atoms with Crippen molar-refractivity contribution < 1.29 is 4.79 Å². The van der Waals surface area contributed by atoms with Crippen molar-refractivity contribution in [3.63, 3.8) is 0 Å². The molecule has 2 rings (SSSR count). The fourth-order valence-corrected chi connectivity index (χ4v) is 3.11. The molecule has 0 aromatic carbocycles. The standard InChI is InChI=1S/C13H14BrNOS/c1-9(2)13(16)10-3-5-15(7-10)8-12-11(14)4-6-17-12/h3-7,9H,8H2,1-2H3. The summed E-state index contributed by atoms with van der Waals surface area (Å²) < 4.78 is 3.18. The highest BCUT2D eigenvalue weighted by Crippen LogP contribution is 2.23. The van der Waals surface area contributed by atoms with E-state index in [-0.39, 0.29) is 11.7 Å². The Kier molecular flexibility index (Phi) is 3.84. The van der Waals surface area contributed by atoms with Gasteiger partial charge in [0.1, 0.15) is 0 Å². The zero-order valence-electron chi connectivity index (χ0n) is 9.81. The van der Waals surface area contributed by atoms with E-state index in [2.05, 4.69) is 21.3 Å². The SMILES string of the molecule is CC(C)C(=O)c1ccn(Cc2sccc2Br)c1. The van der Waals surface area contributed by atoms with Crippen LogP contribution in [0.5, 0.6) is 0 Å². The zero-order valence-corrected chi connectivity index (χ0v) is 12.2. The van der Waals surface area contributed by atoms with Crippen molar-refractivity contribution in [2.45, 2.75) is 20.4 Å². The zero-order chi connectivity index (χ0) is 12.4. The Balaban J connectivity index is 2.14. The molecule has 0 fully saturated rings. The largest absolute Gasteiger partial charge is 0.348 e. The van der Waals surface area contributed by atoms with Crippen molar-refractivity contribution in [1.29, 1.82) is 0 Å². The van der Waals surface area contributed by atoms with E-state index in [9.17, 15) is 4.79 Å². The van der Waals surface area contributed by atoms with Crippen LogP contribution in [0, 0.1) is 5.92 Å². The van der Waals surface area contributed by atoms with Crippen LogP contribution < -0.4 is 0 Å². The Morgan fingerprint density at radius 1 is 1.47 bits per heavy atom. The highest BCUT2D eigenvalue weighted by atomic mass is 79.9. The predicted octanol–water partition coefficient (Wildman–Crippen LogP) is 4.20. The molecule has 0 aliphatic carbocycles. The Morgan fingerprint density at radius 2 is 2.24 bits per heavy atom. The van der Waals surface area contributed by atoms with E-state index in [1.165, 1.54) is 4.88 Å². The number of ketones is 1. The molecule has 0 radical (unpaired) electrons. The summed E-state index contributed by atoms with van der Waals surface area (Å²) in [6.07, 6.45) is 3.89. The van der Waals surface area contributed by atoms with Gasteiger partial charge in [-0.05, 0) is 33.4 Å². The van der Waals surface area contributed by atoms with Gasteiger partial charge in [0, 0.05) is 33.2 Å². The third-order valence-electron chi connectivity index (χ3n) is 2.58. The lowest BCUT2D eigenvalue weighted by atomic mass is 10.0. The number of Topliss-reactive ketones (excluding diaryl/α,β-unsaturated/α-hetero) is 1. The first-order valence-corrected chi connectivity index (χ1v) is 7.17. The lowest BCUT2D eigenvalue weighted by Gasteiger charge is -2.02. The molecule has 4 heteroatoms. The van der Waals surface area contributed by atoms with Crippen molar-refractivity contribution >= 4 is 33.0 Å². The van der Waals surface area contributed by atoms with Gasteiger partial charge in [-0.3, -0.25) is 4.79 Å². The maximum absolute atomic E-state index is 11.8. The number of carbonyl (C=O) groups is 1. The van der Waals surface area contributed by atoms with Crippen LogP contribution in [0.2, 0.25) is 0 Å². The molecule has 0 N–H and O–H groups in total. The number of halogens is 1. The van der Waals surface area contributed by atoms with Crippen LogP contribution in [0.1, 0.15) is 29.1 Å². The second kappa shape index (κ2) is 5.19. The minimum absolute atomic E-state index is 0.0549. The van der Waals surface area contributed by atoms with Crippen LogP contribution in [0.4, 0.5) is 0 Å². The summed E-state index contributed by atoms with van der Waals surface area (Å²) in [4.78, 5) is 13.1. The highest BCUT2D eigenvalue weighted by molar-refractivity contribution is 9.10. The minimum atomic E-state index is 0.0549. The van der Waals surface area contributed by atoms with Gasteiger partial charge in [0.25, 0.3) is 0 Å². The molecule has 0 bridgehead atoms. The van der Waals surface area contributed by atoms with Crippen LogP contribution >= 0.6 is 27.3 Å². The molecular weight excluding hydrogens is 298 g/mol. The first-order valence-electron chi connectivity index (χ1n) is 5.50. The normalized spacial score (nSPS) is 11.1. The van der Waals surface area contributed by atoms with Crippen molar-refractivity contribution in [2.24, 2.45) is 5.92 Å². The summed E-state index contributed by atoms with van der Waals surface area (Å²) in [7, 11) is 0. The number of hydrogen-bond donors (Lipinski definition) is 0. The molecule has 90 valence electrons. The average Bonchev–Trinajstić information content (AvgIpc) is 2.88. The summed E-state index contributed by atoms with van der Waals surface area (Å²) in [6.45, 7) is 4.66. The van der Waals surface area contributed by atoms with Crippen molar-refractivity contribution in [1.82, 2.24) is 4.57 Å². The third-order valence-corrected chi connectivity index (χ3v) is 4.49. The number of thiophene rings is 1. The summed E-state index contributed by atoms with van der Waals surface area (Å²) in [5, 5.41) is 2.06. The highest BCUT2D eigenvalue weighted by Gasteiger charge is 2.12. The Labute approximate surface area is 113 Å². The molecule has 0 unspecified atom stereocenters. The molecule has 0 saturated carbocycles. The smallest absolute Gasteiger partial charge is 0.166 e. The quantitative estimate of drug-likeness (QED) is 0.776. The molecule has 17 heavy (non-hydrogen) atoms. The van der Waals surface area contributed by atoms with Gasteiger partial charge in [0.2, 0.25) is 0 Å². The van der Waals surface area contributed by atoms with Crippen LogP contribution in [-0.2, 0) is 6.54 Å². The first kappa shape index (κ1) is 12.6. The van der Waals surface area contributed by atoms with E-state index in [1.807, 2.05) is 42.9 Å².